The lowest BCUT2D eigenvalue weighted by Crippen LogP contribution is -2.48. The van der Waals surface area contributed by atoms with Gasteiger partial charge in [-0.25, -0.2) is 0 Å². The number of imide groups is 1. The van der Waals surface area contributed by atoms with Gasteiger partial charge in [0, 0.05) is 24.9 Å². The van der Waals surface area contributed by atoms with Crippen molar-refractivity contribution in [2.45, 2.75) is 25.4 Å². The molecule has 8 heteroatoms. The third-order valence-electron chi connectivity index (χ3n) is 3.73. The van der Waals surface area contributed by atoms with Crippen molar-refractivity contribution in [2.24, 2.45) is 0 Å². The topological polar surface area (TPSA) is 110 Å². The zero-order valence-electron chi connectivity index (χ0n) is 10.9. The van der Waals surface area contributed by atoms with Crippen LogP contribution in [-0.4, -0.2) is 33.6 Å². The van der Waals surface area contributed by atoms with Crippen molar-refractivity contribution in [3.8, 4) is 0 Å². The monoisotopic (exact) mass is 289 g/mol. The number of benzene rings is 1. The van der Waals surface area contributed by atoms with Gasteiger partial charge in [0.2, 0.25) is 11.8 Å². The first-order chi connectivity index (χ1) is 9.97. The fraction of sp³-hybridized carbons (Fsp3) is 0.308. The molecule has 3 amide bonds. The summed E-state index contributed by atoms with van der Waals surface area (Å²) in [4.78, 5) is 47.0. The highest BCUT2D eigenvalue weighted by molar-refractivity contribution is 6.02. The normalized spacial score (nSPS) is 18.7. The second kappa shape index (κ2) is 4.65. The van der Waals surface area contributed by atoms with Crippen LogP contribution < -0.4 is 5.32 Å². The lowest BCUT2D eigenvalue weighted by molar-refractivity contribution is -0.385. The van der Waals surface area contributed by atoms with Crippen LogP contribution in [-0.2, 0) is 16.1 Å². The lowest BCUT2D eigenvalue weighted by Gasteiger charge is -2.29. The van der Waals surface area contributed by atoms with E-state index in [1.54, 1.807) is 0 Å². The van der Waals surface area contributed by atoms with Crippen molar-refractivity contribution in [2.75, 3.05) is 0 Å². The number of nitro benzene ring substituents is 1. The first-order valence-corrected chi connectivity index (χ1v) is 6.37. The van der Waals surface area contributed by atoms with E-state index in [9.17, 15) is 24.5 Å². The Morgan fingerprint density at radius 3 is 2.48 bits per heavy atom. The first-order valence-electron chi connectivity index (χ1n) is 6.37. The van der Waals surface area contributed by atoms with Gasteiger partial charge in [-0.05, 0) is 6.07 Å². The van der Waals surface area contributed by atoms with Gasteiger partial charge in [-0.3, -0.25) is 29.8 Å². The lowest BCUT2D eigenvalue weighted by atomic mass is 10.0. The van der Waals surface area contributed by atoms with E-state index in [1.807, 2.05) is 0 Å². The van der Waals surface area contributed by atoms with E-state index in [0.29, 0.717) is 5.56 Å². The van der Waals surface area contributed by atoms with Crippen LogP contribution in [0.2, 0.25) is 0 Å². The molecule has 0 unspecified atom stereocenters. The smallest absolute Gasteiger partial charge is 0.275 e. The first kappa shape index (κ1) is 13.2. The second-order valence-electron chi connectivity index (χ2n) is 5.03. The van der Waals surface area contributed by atoms with Crippen LogP contribution in [0.15, 0.2) is 18.2 Å². The quantitative estimate of drug-likeness (QED) is 0.480. The van der Waals surface area contributed by atoms with Gasteiger partial charge >= 0.3 is 0 Å². The fourth-order valence-corrected chi connectivity index (χ4v) is 2.78. The summed E-state index contributed by atoms with van der Waals surface area (Å²) < 4.78 is 0. The van der Waals surface area contributed by atoms with Crippen LogP contribution in [0.5, 0.6) is 0 Å². The fourth-order valence-electron chi connectivity index (χ4n) is 2.78. The number of fused-ring (bicyclic) bond motifs is 1. The summed E-state index contributed by atoms with van der Waals surface area (Å²) in [6, 6.07) is 3.77. The summed E-state index contributed by atoms with van der Waals surface area (Å²) in [7, 11) is 0. The van der Waals surface area contributed by atoms with Crippen molar-refractivity contribution in [3.63, 3.8) is 0 Å². The number of nitro groups is 1. The molecule has 8 nitrogen and oxygen atoms in total. The number of piperidine rings is 1. The molecule has 1 aromatic carbocycles. The van der Waals surface area contributed by atoms with Crippen molar-refractivity contribution < 1.29 is 19.3 Å². The molecule has 108 valence electrons. The van der Waals surface area contributed by atoms with Gasteiger partial charge in [0.05, 0.1) is 22.6 Å². The Hall–Kier alpha value is -2.77. The minimum Gasteiger partial charge on any atom is -0.330 e. The van der Waals surface area contributed by atoms with Crippen molar-refractivity contribution in [1.82, 2.24) is 10.2 Å². The van der Waals surface area contributed by atoms with Gasteiger partial charge in [-0.2, -0.15) is 0 Å². The molecule has 0 aliphatic carbocycles. The van der Waals surface area contributed by atoms with Crippen LogP contribution in [0.25, 0.3) is 0 Å². The Bertz CT molecular complexity index is 668. The SMILES string of the molecule is O=C1CC(N2Cc3c(cccc3[N+](=O)[O-])C2=O)CC(=O)N1. The summed E-state index contributed by atoms with van der Waals surface area (Å²) in [5.41, 5.74) is 0.489. The van der Waals surface area contributed by atoms with E-state index in [1.165, 1.54) is 23.1 Å². The molecule has 0 radical (unpaired) electrons. The van der Waals surface area contributed by atoms with Crippen LogP contribution in [0, 0.1) is 10.1 Å². The number of hydrogen-bond acceptors (Lipinski definition) is 5. The number of nitrogens with zero attached hydrogens (tertiary/aromatic N) is 2. The van der Waals surface area contributed by atoms with E-state index >= 15 is 0 Å². The summed E-state index contributed by atoms with van der Waals surface area (Å²) in [5.74, 6) is -1.25. The van der Waals surface area contributed by atoms with E-state index in [-0.39, 0.29) is 36.5 Å². The summed E-state index contributed by atoms with van der Waals surface area (Å²) in [5, 5.41) is 13.2. The molecule has 0 saturated carbocycles. The van der Waals surface area contributed by atoms with E-state index in [4.69, 9.17) is 0 Å². The average Bonchev–Trinajstić information content (AvgIpc) is 2.75. The van der Waals surface area contributed by atoms with Crippen molar-refractivity contribution in [1.29, 1.82) is 0 Å². The van der Waals surface area contributed by atoms with Crippen LogP contribution in [0.1, 0.15) is 28.8 Å². The van der Waals surface area contributed by atoms with Gasteiger partial charge in [-0.15, -0.1) is 0 Å². The number of carbonyl (C=O) groups is 3. The maximum Gasteiger partial charge on any atom is 0.275 e. The largest absolute Gasteiger partial charge is 0.330 e. The predicted octanol–water partition coefficient (Wildman–Crippen LogP) is 0.356. The molecule has 2 heterocycles. The summed E-state index contributed by atoms with van der Waals surface area (Å²) in [6.45, 7) is 0.0521. The molecule has 3 rings (SSSR count). The van der Waals surface area contributed by atoms with Crippen LogP contribution in [0.4, 0.5) is 5.69 Å². The Balaban J connectivity index is 1.93. The number of rotatable bonds is 2. The Kier molecular flexibility index (Phi) is 2.93. The molecule has 2 aliphatic rings. The number of amides is 3. The van der Waals surface area contributed by atoms with Crippen LogP contribution in [0.3, 0.4) is 0 Å². The highest BCUT2D eigenvalue weighted by Crippen LogP contribution is 2.33. The maximum absolute atomic E-state index is 12.3. The van der Waals surface area contributed by atoms with Gasteiger partial charge < -0.3 is 4.90 Å². The standard InChI is InChI=1S/C13H11N3O5/c17-11-4-7(5-12(18)14-11)15-6-9-8(13(15)19)2-1-3-10(9)16(20)21/h1-3,7H,4-6H2,(H,14,17,18). The molecule has 0 atom stereocenters. The van der Waals surface area contributed by atoms with E-state index in [2.05, 4.69) is 5.32 Å². The molecule has 0 spiro atoms. The summed E-state index contributed by atoms with van der Waals surface area (Å²) in [6.07, 6.45) is 0.0541. The highest BCUT2D eigenvalue weighted by atomic mass is 16.6. The molecular weight excluding hydrogens is 278 g/mol. The second-order valence-corrected chi connectivity index (χ2v) is 5.03. The molecular formula is C13H11N3O5. The van der Waals surface area contributed by atoms with Gasteiger partial charge in [0.15, 0.2) is 0 Å². The van der Waals surface area contributed by atoms with E-state index in [0.717, 1.165) is 0 Å². The number of hydrogen-bond donors (Lipinski definition) is 1. The minimum atomic E-state index is -0.550. The maximum atomic E-state index is 12.3. The molecule has 1 fully saturated rings. The number of carbonyl (C=O) groups excluding carboxylic acids is 3. The van der Waals surface area contributed by atoms with Crippen molar-refractivity contribution in [3.05, 3.63) is 39.4 Å². The van der Waals surface area contributed by atoms with Crippen LogP contribution >= 0.6 is 0 Å². The molecule has 1 aromatic rings. The van der Waals surface area contributed by atoms with Crippen molar-refractivity contribution >= 4 is 23.4 Å². The minimum absolute atomic E-state index is 0.0270. The van der Waals surface area contributed by atoms with Gasteiger partial charge in [0.1, 0.15) is 0 Å². The zero-order chi connectivity index (χ0) is 15.1. The third kappa shape index (κ3) is 2.14. The summed E-state index contributed by atoms with van der Waals surface area (Å²) >= 11 is 0. The molecule has 2 aliphatic heterocycles. The predicted molar refractivity (Wildman–Crippen MR) is 69.1 cm³/mol. The van der Waals surface area contributed by atoms with Gasteiger partial charge in [0.25, 0.3) is 11.6 Å². The average molecular weight is 289 g/mol. The Morgan fingerprint density at radius 1 is 1.19 bits per heavy atom. The molecule has 0 aromatic heterocycles. The molecule has 21 heavy (non-hydrogen) atoms. The molecule has 0 bridgehead atoms. The zero-order valence-corrected chi connectivity index (χ0v) is 10.9. The highest BCUT2D eigenvalue weighted by Gasteiger charge is 2.39. The number of nitrogens with one attached hydrogen (secondary N) is 1. The van der Waals surface area contributed by atoms with E-state index < -0.39 is 22.8 Å². The molecule has 1 saturated heterocycles. The Labute approximate surface area is 118 Å². The van der Waals surface area contributed by atoms with Gasteiger partial charge in [-0.1, -0.05) is 6.07 Å². The Morgan fingerprint density at radius 2 is 1.86 bits per heavy atom. The molecule has 1 N–H and O–H groups in total. The third-order valence-corrected chi connectivity index (χ3v) is 3.73.